The molecule has 0 radical (unpaired) electrons. The summed E-state index contributed by atoms with van der Waals surface area (Å²) in [6.07, 6.45) is 7.73. The molecular formula is C15H24FN. The maximum Gasteiger partial charge on any atom is 0.125 e. The fourth-order valence-corrected chi connectivity index (χ4v) is 1.91. The van der Waals surface area contributed by atoms with Crippen LogP contribution in [0.1, 0.15) is 51.0 Å². The third kappa shape index (κ3) is 5.71. The Morgan fingerprint density at radius 1 is 1.06 bits per heavy atom. The van der Waals surface area contributed by atoms with Crippen LogP contribution in [0.15, 0.2) is 18.2 Å². The zero-order valence-electron chi connectivity index (χ0n) is 11.1. The first-order valence-corrected chi connectivity index (χ1v) is 6.74. The highest BCUT2D eigenvalue weighted by Gasteiger charge is 1.99. The lowest BCUT2D eigenvalue weighted by Gasteiger charge is -2.09. The van der Waals surface area contributed by atoms with Crippen LogP contribution < -0.4 is 5.32 Å². The normalized spacial score (nSPS) is 10.5. The molecule has 0 saturated heterocycles. The van der Waals surface area contributed by atoms with E-state index in [-0.39, 0.29) is 5.82 Å². The Hall–Kier alpha value is -1.05. The van der Waals surface area contributed by atoms with Gasteiger partial charge in [0, 0.05) is 12.2 Å². The van der Waals surface area contributed by atoms with Crippen molar-refractivity contribution in [2.75, 3.05) is 11.9 Å². The van der Waals surface area contributed by atoms with Crippen molar-refractivity contribution in [2.45, 2.75) is 52.4 Å². The Morgan fingerprint density at radius 3 is 2.53 bits per heavy atom. The molecule has 0 fully saturated rings. The largest absolute Gasteiger partial charge is 0.385 e. The lowest BCUT2D eigenvalue weighted by Crippen LogP contribution is -2.03. The molecule has 0 aromatic heterocycles. The molecule has 1 nitrogen and oxygen atoms in total. The van der Waals surface area contributed by atoms with Crippen LogP contribution in [0, 0.1) is 12.7 Å². The molecule has 2 heteroatoms. The van der Waals surface area contributed by atoms with Gasteiger partial charge in [-0.15, -0.1) is 0 Å². The van der Waals surface area contributed by atoms with Gasteiger partial charge >= 0.3 is 0 Å². The molecule has 0 atom stereocenters. The van der Waals surface area contributed by atoms with E-state index in [0.717, 1.165) is 17.8 Å². The monoisotopic (exact) mass is 237 g/mol. The minimum Gasteiger partial charge on any atom is -0.385 e. The fraction of sp³-hybridized carbons (Fsp3) is 0.600. The van der Waals surface area contributed by atoms with E-state index >= 15 is 0 Å². The predicted octanol–water partition coefficient (Wildman–Crippen LogP) is 4.91. The van der Waals surface area contributed by atoms with Crippen molar-refractivity contribution in [1.29, 1.82) is 0 Å². The van der Waals surface area contributed by atoms with E-state index in [9.17, 15) is 4.39 Å². The molecule has 1 N–H and O–H groups in total. The van der Waals surface area contributed by atoms with Crippen LogP contribution in [-0.2, 0) is 0 Å². The van der Waals surface area contributed by atoms with Crippen LogP contribution in [0.4, 0.5) is 10.1 Å². The average molecular weight is 237 g/mol. The first-order valence-electron chi connectivity index (χ1n) is 6.74. The fourth-order valence-electron chi connectivity index (χ4n) is 1.91. The number of unbranched alkanes of at least 4 members (excludes halogenated alkanes) is 5. The van der Waals surface area contributed by atoms with Gasteiger partial charge < -0.3 is 5.32 Å². The van der Waals surface area contributed by atoms with Crippen molar-refractivity contribution < 1.29 is 4.39 Å². The van der Waals surface area contributed by atoms with Gasteiger partial charge in [-0.1, -0.05) is 45.1 Å². The molecule has 0 saturated carbocycles. The number of aryl methyl sites for hydroxylation is 1. The SMILES string of the molecule is CCCCCCCCNc1cc(F)ccc1C. The number of hydrogen-bond donors (Lipinski definition) is 1. The van der Waals surface area contributed by atoms with Gasteiger partial charge in [-0.2, -0.15) is 0 Å². The highest BCUT2D eigenvalue weighted by atomic mass is 19.1. The van der Waals surface area contributed by atoms with Gasteiger partial charge in [0.05, 0.1) is 0 Å². The second-order valence-corrected chi connectivity index (χ2v) is 4.65. The van der Waals surface area contributed by atoms with Gasteiger partial charge in [-0.25, -0.2) is 4.39 Å². The second-order valence-electron chi connectivity index (χ2n) is 4.65. The minimum atomic E-state index is -0.166. The van der Waals surface area contributed by atoms with E-state index in [1.54, 1.807) is 6.07 Å². The van der Waals surface area contributed by atoms with Gasteiger partial charge in [-0.3, -0.25) is 0 Å². The van der Waals surface area contributed by atoms with Crippen LogP contribution in [0.5, 0.6) is 0 Å². The van der Waals surface area contributed by atoms with Gasteiger partial charge in [-0.05, 0) is 31.0 Å². The third-order valence-corrected chi connectivity index (χ3v) is 3.05. The Morgan fingerprint density at radius 2 is 1.76 bits per heavy atom. The van der Waals surface area contributed by atoms with Crippen LogP contribution in [0.2, 0.25) is 0 Å². The molecule has 0 bridgehead atoms. The predicted molar refractivity (Wildman–Crippen MR) is 73.0 cm³/mol. The van der Waals surface area contributed by atoms with E-state index in [4.69, 9.17) is 0 Å². The molecule has 1 aromatic rings. The molecule has 1 aromatic carbocycles. The molecule has 0 unspecified atom stereocenters. The molecule has 96 valence electrons. The van der Waals surface area contributed by atoms with Gasteiger partial charge in [0.1, 0.15) is 5.82 Å². The van der Waals surface area contributed by atoms with E-state index in [1.165, 1.54) is 44.6 Å². The standard InChI is InChI=1S/C15H24FN/c1-3-4-5-6-7-8-11-17-15-12-14(16)10-9-13(15)2/h9-10,12,17H,3-8,11H2,1-2H3. The molecule has 0 heterocycles. The Bertz CT molecular complexity index is 323. The average Bonchev–Trinajstić information content (AvgIpc) is 2.32. The van der Waals surface area contributed by atoms with Crippen LogP contribution >= 0.6 is 0 Å². The van der Waals surface area contributed by atoms with E-state index in [0.29, 0.717) is 0 Å². The van der Waals surface area contributed by atoms with Crippen LogP contribution in [0.3, 0.4) is 0 Å². The first-order chi connectivity index (χ1) is 8.24. The van der Waals surface area contributed by atoms with E-state index in [2.05, 4.69) is 12.2 Å². The number of benzene rings is 1. The van der Waals surface area contributed by atoms with Gasteiger partial charge in [0.25, 0.3) is 0 Å². The summed E-state index contributed by atoms with van der Waals surface area (Å²) in [4.78, 5) is 0. The quantitative estimate of drug-likeness (QED) is 0.634. The highest BCUT2D eigenvalue weighted by Crippen LogP contribution is 2.16. The molecule has 17 heavy (non-hydrogen) atoms. The van der Waals surface area contributed by atoms with E-state index < -0.39 is 0 Å². The topological polar surface area (TPSA) is 12.0 Å². The van der Waals surface area contributed by atoms with Crippen LogP contribution in [-0.4, -0.2) is 6.54 Å². The molecule has 0 spiro atoms. The lowest BCUT2D eigenvalue weighted by molar-refractivity contribution is 0.616. The number of halogens is 1. The second kappa shape index (κ2) is 8.10. The van der Waals surface area contributed by atoms with Crippen molar-refractivity contribution in [2.24, 2.45) is 0 Å². The Kier molecular flexibility index (Phi) is 6.68. The molecule has 0 aliphatic rings. The lowest BCUT2D eigenvalue weighted by atomic mass is 10.1. The van der Waals surface area contributed by atoms with Gasteiger partial charge in [0.15, 0.2) is 0 Å². The summed E-state index contributed by atoms with van der Waals surface area (Å²) in [5.41, 5.74) is 2.04. The van der Waals surface area contributed by atoms with Gasteiger partial charge in [0.2, 0.25) is 0 Å². The maximum absolute atomic E-state index is 13.0. The Labute approximate surface area is 104 Å². The van der Waals surface area contributed by atoms with Crippen molar-refractivity contribution in [3.05, 3.63) is 29.6 Å². The zero-order valence-corrected chi connectivity index (χ0v) is 11.1. The minimum absolute atomic E-state index is 0.166. The molecule has 1 rings (SSSR count). The molecule has 0 amide bonds. The highest BCUT2D eigenvalue weighted by molar-refractivity contribution is 5.50. The van der Waals surface area contributed by atoms with Crippen molar-refractivity contribution in [3.63, 3.8) is 0 Å². The molecular weight excluding hydrogens is 213 g/mol. The number of rotatable bonds is 8. The van der Waals surface area contributed by atoms with Crippen molar-refractivity contribution in [3.8, 4) is 0 Å². The summed E-state index contributed by atoms with van der Waals surface area (Å²) in [7, 11) is 0. The smallest absolute Gasteiger partial charge is 0.125 e. The summed E-state index contributed by atoms with van der Waals surface area (Å²) >= 11 is 0. The number of hydrogen-bond acceptors (Lipinski definition) is 1. The summed E-state index contributed by atoms with van der Waals surface area (Å²) in [6.45, 7) is 5.17. The van der Waals surface area contributed by atoms with Crippen molar-refractivity contribution in [1.82, 2.24) is 0 Å². The number of nitrogens with one attached hydrogen (secondary N) is 1. The number of anilines is 1. The van der Waals surface area contributed by atoms with Crippen LogP contribution in [0.25, 0.3) is 0 Å². The summed E-state index contributed by atoms with van der Waals surface area (Å²) in [5, 5.41) is 3.30. The maximum atomic E-state index is 13.0. The van der Waals surface area contributed by atoms with E-state index in [1.807, 2.05) is 13.0 Å². The first kappa shape index (κ1) is 14.0. The molecule has 0 aliphatic heterocycles. The summed E-state index contributed by atoms with van der Waals surface area (Å²) < 4.78 is 13.0. The zero-order chi connectivity index (χ0) is 12.5. The third-order valence-electron chi connectivity index (χ3n) is 3.05. The summed E-state index contributed by atoms with van der Waals surface area (Å²) in [6, 6.07) is 4.90. The summed E-state index contributed by atoms with van der Waals surface area (Å²) in [5.74, 6) is -0.166. The Balaban J connectivity index is 2.15. The van der Waals surface area contributed by atoms with Crippen molar-refractivity contribution >= 4 is 5.69 Å². The molecule has 0 aliphatic carbocycles.